The van der Waals surface area contributed by atoms with Gasteiger partial charge in [-0.2, -0.15) is 0 Å². The first-order valence-corrected chi connectivity index (χ1v) is 5.74. The molecule has 0 saturated heterocycles. The summed E-state index contributed by atoms with van der Waals surface area (Å²) in [4.78, 5) is 24.3. The van der Waals surface area contributed by atoms with Crippen molar-refractivity contribution in [2.45, 2.75) is 22.9 Å². The van der Waals surface area contributed by atoms with Gasteiger partial charge >= 0.3 is 11.0 Å². The monoisotopic (exact) mass is 248 g/mol. The van der Waals surface area contributed by atoms with E-state index in [-0.39, 0.29) is 5.00 Å². The molecule has 0 spiro atoms. The lowest BCUT2D eigenvalue weighted by molar-refractivity contribution is -0.380. The molecule has 0 bridgehead atoms. The van der Waals surface area contributed by atoms with Gasteiger partial charge in [-0.25, -0.2) is 4.98 Å². The van der Waals surface area contributed by atoms with Crippen LogP contribution in [0.4, 0.5) is 5.00 Å². The molecule has 0 saturated carbocycles. The SMILES string of the molecule is CCC(Sc1ncc([N+](=O)[O-])s1)C(=O)O. The van der Waals surface area contributed by atoms with Crippen LogP contribution in [0, 0.1) is 10.1 Å². The molecule has 82 valence electrons. The third-order valence-corrected chi connectivity index (χ3v) is 3.95. The predicted molar refractivity (Wildman–Crippen MR) is 56.3 cm³/mol. The maximum absolute atomic E-state index is 10.7. The molecular formula is C7H8N2O4S2. The first kappa shape index (κ1) is 11.9. The minimum absolute atomic E-state index is 0.0715. The van der Waals surface area contributed by atoms with Gasteiger partial charge in [0.15, 0.2) is 4.34 Å². The zero-order chi connectivity index (χ0) is 11.4. The molecule has 8 heteroatoms. The number of aliphatic carboxylic acids is 1. The molecule has 1 heterocycles. The first-order chi connectivity index (χ1) is 7.04. The Morgan fingerprint density at radius 3 is 2.93 bits per heavy atom. The van der Waals surface area contributed by atoms with Crippen molar-refractivity contribution in [3.05, 3.63) is 16.3 Å². The fourth-order valence-electron chi connectivity index (χ4n) is 0.819. The predicted octanol–water partition coefficient (Wildman–Crippen LogP) is 2.01. The number of hydrogen-bond donors (Lipinski definition) is 1. The second kappa shape index (κ2) is 5.08. The molecule has 0 aliphatic heterocycles. The molecule has 0 amide bonds. The molecule has 0 aliphatic rings. The molecule has 1 N–H and O–H groups in total. The van der Waals surface area contributed by atoms with Crippen LogP contribution in [0.25, 0.3) is 0 Å². The summed E-state index contributed by atoms with van der Waals surface area (Å²) in [6, 6.07) is 0. The van der Waals surface area contributed by atoms with Crippen molar-refractivity contribution >= 4 is 34.1 Å². The summed E-state index contributed by atoms with van der Waals surface area (Å²) >= 11 is 1.93. The van der Waals surface area contributed by atoms with E-state index in [9.17, 15) is 14.9 Å². The fraction of sp³-hybridized carbons (Fsp3) is 0.429. The maximum Gasteiger partial charge on any atom is 0.344 e. The van der Waals surface area contributed by atoms with E-state index in [1.165, 1.54) is 0 Å². The Hall–Kier alpha value is -1.15. The minimum Gasteiger partial charge on any atom is -0.480 e. The van der Waals surface area contributed by atoms with Gasteiger partial charge in [-0.05, 0) is 17.8 Å². The summed E-state index contributed by atoms with van der Waals surface area (Å²) < 4.78 is 0.413. The van der Waals surface area contributed by atoms with Crippen LogP contribution in [0.15, 0.2) is 10.5 Å². The lowest BCUT2D eigenvalue weighted by atomic mass is 10.3. The van der Waals surface area contributed by atoms with Gasteiger partial charge in [0.2, 0.25) is 0 Å². The Kier molecular flexibility index (Phi) is 4.04. The van der Waals surface area contributed by atoms with Gasteiger partial charge < -0.3 is 5.11 Å². The Morgan fingerprint density at radius 1 is 1.87 bits per heavy atom. The number of nitrogens with zero attached hydrogens (tertiary/aromatic N) is 2. The second-order valence-electron chi connectivity index (χ2n) is 2.57. The highest BCUT2D eigenvalue weighted by molar-refractivity contribution is 8.02. The van der Waals surface area contributed by atoms with Crippen molar-refractivity contribution in [1.29, 1.82) is 0 Å². The molecular weight excluding hydrogens is 240 g/mol. The lowest BCUT2D eigenvalue weighted by Gasteiger charge is -2.04. The van der Waals surface area contributed by atoms with E-state index in [1.807, 2.05) is 0 Å². The normalized spacial score (nSPS) is 12.3. The average molecular weight is 248 g/mol. The number of nitro groups is 1. The van der Waals surface area contributed by atoms with Crippen LogP contribution in [0.2, 0.25) is 0 Å². The van der Waals surface area contributed by atoms with E-state index >= 15 is 0 Å². The second-order valence-corrected chi connectivity index (χ2v) is 5.03. The topological polar surface area (TPSA) is 93.3 Å². The van der Waals surface area contributed by atoms with Crippen molar-refractivity contribution in [3.63, 3.8) is 0 Å². The van der Waals surface area contributed by atoms with E-state index < -0.39 is 16.1 Å². The van der Waals surface area contributed by atoms with Crippen molar-refractivity contribution in [2.24, 2.45) is 0 Å². The standard InChI is InChI=1S/C7H8N2O4S2/c1-2-4(6(10)11)14-7-8-3-5(15-7)9(12)13/h3-4H,2H2,1H3,(H,10,11). The zero-order valence-electron chi connectivity index (χ0n) is 7.74. The van der Waals surface area contributed by atoms with Gasteiger partial charge in [-0.1, -0.05) is 18.7 Å². The summed E-state index contributed by atoms with van der Waals surface area (Å²) in [6.07, 6.45) is 1.59. The number of aromatic nitrogens is 1. The molecule has 1 aromatic rings. The zero-order valence-corrected chi connectivity index (χ0v) is 9.38. The molecule has 6 nitrogen and oxygen atoms in total. The summed E-state index contributed by atoms with van der Waals surface area (Å²) in [7, 11) is 0. The smallest absolute Gasteiger partial charge is 0.344 e. The Balaban J connectivity index is 2.71. The molecule has 0 radical (unpaired) electrons. The van der Waals surface area contributed by atoms with E-state index in [0.717, 1.165) is 29.3 Å². The van der Waals surface area contributed by atoms with Crippen LogP contribution in [0.5, 0.6) is 0 Å². The highest BCUT2D eigenvalue weighted by Crippen LogP contribution is 2.32. The lowest BCUT2D eigenvalue weighted by Crippen LogP contribution is -2.14. The van der Waals surface area contributed by atoms with Crippen molar-refractivity contribution in [1.82, 2.24) is 4.98 Å². The van der Waals surface area contributed by atoms with Crippen molar-refractivity contribution in [3.8, 4) is 0 Å². The number of rotatable bonds is 5. The van der Waals surface area contributed by atoms with Gasteiger partial charge in [-0.15, -0.1) is 0 Å². The summed E-state index contributed by atoms with van der Waals surface area (Å²) in [5.74, 6) is -0.930. The molecule has 0 fully saturated rings. The Morgan fingerprint density at radius 2 is 2.53 bits per heavy atom. The summed E-state index contributed by atoms with van der Waals surface area (Å²) in [5, 5.41) is 18.5. The first-order valence-electron chi connectivity index (χ1n) is 4.04. The number of carbonyl (C=O) groups is 1. The molecule has 0 aliphatic carbocycles. The van der Waals surface area contributed by atoms with Gasteiger partial charge in [0.1, 0.15) is 11.4 Å². The third-order valence-electron chi connectivity index (χ3n) is 1.54. The number of hydrogen-bond acceptors (Lipinski definition) is 6. The maximum atomic E-state index is 10.7. The minimum atomic E-state index is -0.930. The summed E-state index contributed by atoms with van der Waals surface area (Å²) in [6.45, 7) is 1.74. The number of thiazole rings is 1. The van der Waals surface area contributed by atoms with E-state index in [1.54, 1.807) is 6.92 Å². The van der Waals surface area contributed by atoms with Crippen LogP contribution in [0.1, 0.15) is 13.3 Å². The molecule has 1 aromatic heterocycles. The third kappa shape index (κ3) is 3.17. The van der Waals surface area contributed by atoms with E-state index in [2.05, 4.69) is 4.98 Å². The molecule has 0 aromatic carbocycles. The molecule has 1 rings (SSSR count). The quantitative estimate of drug-likeness (QED) is 0.486. The van der Waals surface area contributed by atoms with E-state index in [4.69, 9.17) is 5.11 Å². The van der Waals surface area contributed by atoms with Gasteiger partial charge in [0.25, 0.3) is 0 Å². The molecule has 15 heavy (non-hydrogen) atoms. The number of thioether (sulfide) groups is 1. The van der Waals surface area contributed by atoms with Crippen LogP contribution in [-0.4, -0.2) is 26.2 Å². The number of carboxylic acid groups (broad SMARTS) is 1. The summed E-state index contributed by atoms with van der Waals surface area (Å²) in [5.41, 5.74) is 0. The van der Waals surface area contributed by atoms with Crippen molar-refractivity contribution in [2.75, 3.05) is 0 Å². The highest BCUT2D eigenvalue weighted by atomic mass is 32.2. The Bertz CT molecular complexity index is 379. The fourth-order valence-corrected chi connectivity index (χ4v) is 2.70. The number of carboxylic acids is 1. The van der Waals surface area contributed by atoms with Gasteiger partial charge in [-0.3, -0.25) is 14.9 Å². The van der Waals surface area contributed by atoms with Crippen LogP contribution in [0.3, 0.4) is 0 Å². The van der Waals surface area contributed by atoms with Crippen LogP contribution < -0.4 is 0 Å². The van der Waals surface area contributed by atoms with Crippen LogP contribution >= 0.6 is 23.1 Å². The largest absolute Gasteiger partial charge is 0.480 e. The molecule has 1 unspecified atom stereocenters. The van der Waals surface area contributed by atoms with E-state index in [0.29, 0.717) is 10.8 Å². The van der Waals surface area contributed by atoms with Gasteiger partial charge in [0.05, 0.1) is 4.92 Å². The molecule has 1 atom stereocenters. The van der Waals surface area contributed by atoms with Crippen LogP contribution in [-0.2, 0) is 4.79 Å². The highest BCUT2D eigenvalue weighted by Gasteiger charge is 2.20. The Labute approximate surface area is 93.5 Å². The average Bonchev–Trinajstić information content (AvgIpc) is 2.61. The van der Waals surface area contributed by atoms with Gasteiger partial charge in [0, 0.05) is 0 Å². The van der Waals surface area contributed by atoms with Crippen molar-refractivity contribution < 1.29 is 14.8 Å².